The number of nitrogens with zero attached hydrogens (tertiary/aromatic N) is 1. The van der Waals surface area contributed by atoms with Gasteiger partial charge in [-0.15, -0.1) is 0 Å². The standard InChI is InChI=1S/C19H21NO4/c1-13-11-15(24-3)9-10-16(13)18(21)20(2)17(19(22)23)12-14-7-5-4-6-8-14/h4-11,17H,12H2,1-3H3,(H,22,23). The summed E-state index contributed by atoms with van der Waals surface area (Å²) < 4.78 is 5.14. The Bertz CT molecular complexity index is 727. The van der Waals surface area contributed by atoms with Gasteiger partial charge in [-0.1, -0.05) is 30.3 Å². The van der Waals surface area contributed by atoms with Gasteiger partial charge < -0.3 is 14.7 Å². The van der Waals surface area contributed by atoms with E-state index < -0.39 is 12.0 Å². The quantitative estimate of drug-likeness (QED) is 0.886. The molecule has 1 unspecified atom stereocenters. The van der Waals surface area contributed by atoms with Crippen molar-refractivity contribution < 1.29 is 19.4 Å². The van der Waals surface area contributed by atoms with Gasteiger partial charge in [-0.2, -0.15) is 0 Å². The summed E-state index contributed by atoms with van der Waals surface area (Å²) in [6.07, 6.45) is 0.258. The maximum absolute atomic E-state index is 12.7. The van der Waals surface area contributed by atoms with Gasteiger partial charge in [-0.3, -0.25) is 4.79 Å². The van der Waals surface area contributed by atoms with Crippen molar-refractivity contribution in [2.75, 3.05) is 14.2 Å². The molecule has 1 amide bonds. The van der Waals surface area contributed by atoms with Crippen molar-refractivity contribution in [2.24, 2.45) is 0 Å². The van der Waals surface area contributed by atoms with Crippen LogP contribution < -0.4 is 4.74 Å². The minimum absolute atomic E-state index is 0.258. The van der Waals surface area contributed by atoms with Crippen LogP contribution in [0.1, 0.15) is 21.5 Å². The highest BCUT2D eigenvalue weighted by molar-refractivity contribution is 5.97. The summed E-state index contributed by atoms with van der Waals surface area (Å²) >= 11 is 0. The van der Waals surface area contributed by atoms with E-state index in [0.29, 0.717) is 11.3 Å². The molecule has 126 valence electrons. The molecule has 0 bridgehead atoms. The van der Waals surface area contributed by atoms with E-state index in [4.69, 9.17) is 4.74 Å². The number of carbonyl (C=O) groups excluding carboxylic acids is 1. The van der Waals surface area contributed by atoms with Crippen molar-refractivity contribution >= 4 is 11.9 Å². The average molecular weight is 327 g/mol. The van der Waals surface area contributed by atoms with E-state index >= 15 is 0 Å². The Morgan fingerprint density at radius 3 is 2.38 bits per heavy atom. The third-order valence-corrected chi connectivity index (χ3v) is 4.01. The van der Waals surface area contributed by atoms with Crippen molar-refractivity contribution in [1.82, 2.24) is 4.90 Å². The molecule has 0 fully saturated rings. The maximum Gasteiger partial charge on any atom is 0.326 e. The number of benzene rings is 2. The molecule has 24 heavy (non-hydrogen) atoms. The van der Waals surface area contributed by atoms with E-state index in [2.05, 4.69) is 0 Å². The number of carbonyl (C=O) groups is 2. The third kappa shape index (κ3) is 3.93. The number of amides is 1. The second kappa shape index (κ2) is 7.64. The molecule has 0 aliphatic heterocycles. The number of likely N-dealkylation sites (N-methyl/N-ethyl adjacent to an activating group) is 1. The largest absolute Gasteiger partial charge is 0.497 e. The normalized spacial score (nSPS) is 11.6. The number of methoxy groups -OCH3 is 1. The van der Waals surface area contributed by atoms with Crippen LogP contribution in [0.4, 0.5) is 0 Å². The van der Waals surface area contributed by atoms with Gasteiger partial charge in [0.25, 0.3) is 5.91 Å². The minimum Gasteiger partial charge on any atom is -0.497 e. The van der Waals surface area contributed by atoms with Crippen LogP contribution >= 0.6 is 0 Å². The lowest BCUT2D eigenvalue weighted by Gasteiger charge is -2.25. The van der Waals surface area contributed by atoms with Crippen LogP contribution in [0, 0.1) is 6.92 Å². The average Bonchev–Trinajstić information content (AvgIpc) is 2.59. The van der Waals surface area contributed by atoms with Crippen LogP contribution in [0.3, 0.4) is 0 Å². The zero-order valence-corrected chi connectivity index (χ0v) is 14.0. The molecule has 5 nitrogen and oxygen atoms in total. The van der Waals surface area contributed by atoms with Gasteiger partial charge in [0.1, 0.15) is 11.8 Å². The Labute approximate surface area is 141 Å². The van der Waals surface area contributed by atoms with E-state index in [0.717, 1.165) is 11.1 Å². The van der Waals surface area contributed by atoms with E-state index in [1.165, 1.54) is 11.9 Å². The summed E-state index contributed by atoms with van der Waals surface area (Å²) in [5.74, 6) is -0.690. The summed E-state index contributed by atoms with van der Waals surface area (Å²) in [5.41, 5.74) is 2.09. The molecule has 2 aromatic carbocycles. The highest BCUT2D eigenvalue weighted by Crippen LogP contribution is 2.19. The van der Waals surface area contributed by atoms with Crippen LogP contribution in [0.15, 0.2) is 48.5 Å². The maximum atomic E-state index is 12.7. The van der Waals surface area contributed by atoms with Crippen LogP contribution in [0.2, 0.25) is 0 Å². The van der Waals surface area contributed by atoms with Crippen molar-refractivity contribution in [3.8, 4) is 5.75 Å². The lowest BCUT2D eigenvalue weighted by Crippen LogP contribution is -2.44. The lowest BCUT2D eigenvalue weighted by atomic mass is 10.0. The molecule has 0 radical (unpaired) electrons. The zero-order valence-electron chi connectivity index (χ0n) is 14.0. The molecule has 0 spiro atoms. The first-order valence-electron chi connectivity index (χ1n) is 7.62. The molecule has 0 aliphatic carbocycles. The van der Waals surface area contributed by atoms with Gasteiger partial charge in [0, 0.05) is 19.0 Å². The second-order valence-electron chi connectivity index (χ2n) is 5.64. The fourth-order valence-electron chi connectivity index (χ4n) is 2.56. The van der Waals surface area contributed by atoms with Gasteiger partial charge in [0.15, 0.2) is 0 Å². The highest BCUT2D eigenvalue weighted by atomic mass is 16.5. The Kier molecular flexibility index (Phi) is 5.58. The Morgan fingerprint density at radius 1 is 1.17 bits per heavy atom. The predicted octanol–water partition coefficient (Wildman–Crippen LogP) is 2.77. The van der Waals surface area contributed by atoms with Gasteiger partial charge >= 0.3 is 5.97 Å². The lowest BCUT2D eigenvalue weighted by molar-refractivity contribution is -0.141. The smallest absolute Gasteiger partial charge is 0.326 e. The number of carboxylic acids is 1. The molecule has 0 aromatic heterocycles. The SMILES string of the molecule is COc1ccc(C(=O)N(C)C(Cc2ccccc2)C(=O)O)c(C)c1. The van der Waals surface area contributed by atoms with Gasteiger partial charge in [-0.05, 0) is 36.2 Å². The molecule has 0 heterocycles. The Morgan fingerprint density at radius 2 is 1.83 bits per heavy atom. The highest BCUT2D eigenvalue weighted by Gasteiger charge is 2.28. The number of aryl methyl sites for hydroxylation is 1. The Hall–Kier alpha value is -2.82. The molecular weight excluding hydrogens is 306 g/mol. The van der Waals surface area contributed by atoms with Crippen molar-refractivity contribution in [2.45, 2.75) is 19.4 Å². The first kappa shape index (κ1) is 17.5. The van der Waals surface area contributed by atoms with Crippen LogP contribution in [0.25, 0.3) is 0 Å². The number of aliphatic carboxylic acids is 1. The summed E-state index contributed by atoms with van der Waals surface area (Å²) in [7, 11) is 3.08. The topological polar surface area (TPSA) is 66.8 Å². The minimum atomic E-state index is -1.03. The summed E-state index contributed by atoms with van der Waals surface area (Å²) in [6, 6.07) is 13.5. The van der Waals surface area contributed by atoms with E-state index in [9.17, 15) is 14.7 Å². The molecular formula is C19H21NO4. The van der Waals surface area contributed by atoms with Gasteiger partial charge in [0.05, 0.1) is 7.11 Å². The molecule has 2 aromatic rings. The van der Waals surface area contributed by atoms with Crippen LogP contribution in [0.5, 0.6) is 5.75 Å². The molecule has 1 N–H and O–H groups in total. The molecule has 1 atom stereocenters. The van der Waals surface area contributed by atoms with Crippen molar-refractivity contribution in [3.63, 3.8) is 0 Å². The number of hydrogen-bond acceptors (Lipinski definition) is 3. The number of ether oxygens (including phenoxy) is 1. The third-order valence-electron chi connectivity index (χ3n) is 4.01. The van der Waals surface area contributed by atoms with E-state index in [-0.39, 0.29) is 12.3 Å². The monoisotopic (exact) mass is 327 g/mol. The van der Waals surface area contributed by atoms with Gasteiger partial charge in [0.2, 0.25) is 0 Å². The molecule has 2 rings (SSSR count). The Balaban J connectivity index is 2.24. The molecule has 5 heteroatoms. The van der Waals surface area contributed by atoms with Crippen molar-refractivity contribution in [3.05, 3.63) is 65.2 Å². The van der Waals surface area contributed by atoms with E-state index in [1.54, 1.807) is 32.2 Å². The number of rotatable bonds is 6. The predicted molar refractivity (Wildman–Crippen MR) is 91.4 cm³/mol. The van der Waals surface area contributed by atoms with Crippen LogP contribution in [-0.4, -0.2) is 42.1 Å². The molecule has 0 aliphatic rings. The van der Waals surface area contributed by atoms with Crippen molar-refractivity contribution in [1.29, 1.82) is 0 Å². The fourth-order valence-corrected chi connectivity index (χ4v) is 2.56. The summed E-state index contributed by atoms with van der Waals surface area (Å²) in [4.78, 5) is 25.7. The fraction of sp³-hybridized carbons (Fsp3) is 0.263. The summed E-state index contributed by atoms with van der Waals surface area (Å²) in [6.45, 7) is 1.80. The molecule has 0 saturated carbocycles. The van der Waals surface area contributed by atoms with E-state index in [1.807, 2.05) is 30.3 Å². The molecule has 0 saturated heterocycles. The first-order valence-corrected chi connectivity index (χ1v) is 7.62. The van der Waals surface area contributed by atoms with Gasteiger partial charge in [-0.25, -0.2) is 4.79 Å². The first-order chi connectivity index (χ1) is 11.4. The number of carboxylic acid groups (broad SMARTS) is 1. The number of hydrogen-bond donors (Lipinski definition) is 1. The summed E-state index contributed by atoms with van der Waals surface area (Å²) in [5, 5.41) is 9.54. The van der Waals surface area contributed by atoms with Crippen LogP contribution in [-0.2, 0) is 11.2 Å². The second-order valence-corrected chi connectivity index (χ2v) is 5.64. The zero-order chi connectivity index (χ0) is 17.7.